The van der Waals surface area contributed by atoms with E-state index >= 15 is 0 Å². The van der Waals surface area contributed by atoms with Crippen LogP contribution in [0.4, 0.5) is 11.5 Å². The topological polar surface area (TPSA) is 99.7 Å². The van der Waals surface area contributed by atoms with E-state index in [0.29, 0.717) is 11.4 Å². The molecule has 2 heterocycles. The standard InChI is InChI=1S/C21H23ClN4O4S/c1-13-9-15-10-17(6-7-18(15)26(13)21(28)14-3-4-14)31(29,30)25(2)12-20(27)24-19-8-5-16(22)11-23-19/h5-8,10-11,13-14H,3-4,9,12H2,1-2H3,(H,23,24,27)/t13-/m0/s1. The average molecular weight is 463 g/mol. The van der Waals surface area contributed by atoms with Crippen LogP contribution < -0.4 is 10.2 Å². The smallest absolute Gasteiger partial charge is 0.243 e. The summed E-state index contributed by atoms with van der Waals surface area (Å²) >= 11 is 5.77. The number of hydrogen-bond donors (Lipinski definition) is 1. The van der Waals surface area contributed by atoms with Gasteiger partial charge in [-0.3, -0.25) is 9.59 Å². The fraction of sp³-hybridized carbons (Fsp3) is 0.381. The Morgan fingerprint density at radius 2 is 2.00 bits per heavy atom. The highest BCUT2D eigenvalue weighted by molar-refractivity contribution is 7.89. The van der Waals surface area contributed by atoms with Gasteiger partial charge in [-0.1, -0.05) is 11.6 Å². The van der Waals surface area contributed by atoms with E-state index < -0.39 is 15.9 Å². The predicted octanol–water partition coefficient (Wildman–Crippen LogP) is 2.68. The van der Waals surface area contributed by atoms with Gasteiger partial charge in [-0.15, -0.1) is 0 Å². The highest BCUT2D eigenvalue weighted by Gasteiger charge is 2.40. The van der Waals surface area contributed by atoms with Gasteiger partial charge >= 0.3 is 0 Å². The average Bonchev–Trinajstić information content (AvgIpc) is 3.51. The lowest BCUT2D eigenvalue weighted by Gasteiger charge is -2.23. The van der Waals surface area contributed by atoms with Crippen molar-refractivity contribution in [2.45, 2.75) is 37.1 Å². The summed E-state index contributed by atoms with van der Waals surface area (Å²) in [6, 6.07) is 7.90. The molecule has 2 aliphatic rings. The normalized spacial score (nSPS) is 18.2. The number of hydrogen-bond acceptors (Lipinski definition) is 5. The Kier molecular flexibility index (Phi) is 5.76. The van der Waals surface area contributed by atoms with Crippen molar-refractivity contribution in [2.24, 2.45) is 5.92 Å². The molecule has 4 rings (SSSR count). The molecule has 1 aliphatic heterocycles. The van der Waals surface area contributed by atoms with Crippen molar-refractivity contribution in [1.29, 1.82) is 0 Å². The van der Waals surface area contributed by atoms with Crippen LogP contribution in [0, 0.1) is 5.92 Å². The molecule has 1 saturated carbocycles. The zero-order valence-electron chi connectivity index (χ0n) is 17.2. The molecule has 8 nitrogen and oxygen atoms in total. The van der Waals surface area contributed by atoms with Crippen LogP contribution in [0.1, 0.15) is 25.3 Å². The number of aromatic nitrogens is 1. The molecular formula is C21H23ClN4O4S. The third-order valence-corrected chi connectivity index (χ3v) is 7.52. The summed E-state index contributed by atoms with van der Waals surface area (Å²) in [5.41, 5.74) is 1.60. The molecular weight excluding hydrogens is 440 g/mol. The molecule has 1 aromatic carbocycles. The molecule has 1 atom stereocenters. The van der Waals surface area contributed by atoms with Crippen LogP contribution in [0.5, 0.6) is 0 Å². The maximum atomic E-state index is 13.0. The number of nitrogens with zero attached hydrogens (tertiary/aromatic N) is 3. The number of fused-ring (bicyclic) bond motifs is 1. The van der Waals surface area contributed by atoms with Crippen LogP contribution in [-0.2, 0) is 26.0 Å². The number of nitrogens with one attached hydrogen (secondary N) is 1. The first-order chi connectivity index (χ1) is 14.7. The number of rotatable bonds is 6. The number of benzene rings is 1. The summed E-state index contributed by atoms with van der Waals surface area (Å²) in [6.45, 7) is 1.60. The van der Waals surface area contributed by atoms with Crippen molar-refractivity contribution in [1.82, 2.24) is 9.29 Å². The summed E-state index contributed by atoms with van der Waals surface area (Å²) in [6.07, 6.45) is 3.83. The van der Waals surface area contributed by atoms with Gasteiger partial charge in [0.1, 0.15) is 5.82 Å². The number of pyridine rings is 1. The molecule has 2 amide bonds. The SMILES string of the molecule is C[C@H]1Cc2cc(S(=O)(=O)N(C)CC(=O)Nc3ccc(Cl)cn3)ccc2N1C(=O)C1CC1. The first-order valence-corrected chi connectivity index (χ1v) is 11.8. The van der Waals surface area contributed by atoms with Gasteiger partial charge in [0.05, 0.1) is 16.5 Å². The zero-order chi connectivity index (χ0) is 22.3. The molecule has 0 unspecified atom stereocenters. The third-order valence-electron chi connectivity index (χ3n) is 5.50. The minimum Gasteiger partial charge on any atom is -0.310 e. The Bertz CT molecular complexity index is 1130. The monoisotopic (exact) mass is 462 g/mol. The molecule has 0 saturated heterocycles. The van der Waals surface area contributed by atoms with E-state index in [2.05, 4.69) is 10.3 Å². The Morgan fingerprint density at radius 1 is 1.26 bits per heavy atom. The van der Waals surface area contributed by atoms with E-state index in [-0.39, 0.29) is 35.1 Å². The molecule has 1 N–H and O–H groups in total. The summed E-state index contributed by atoms with van der Waals surface area (Å²) in [5, 5.41) is 2.98. The number of likely N-dealkylation sites (N-methyl/N-ethyl adjacent to an activating group) is 1. The largest absolute Gasteiger partial charge is 0.310 e. The fourth-order valence-corrected chi connectivity index (χ4v) is 5.02. The van der Waals surface area contributed by atoms with Gasteiger partial charge in [-0.05, 0) is 62.1 Å². The van der Waals surface area contributed by atoms with Gasteiger partial charge in [0.25, 0.3) is 0 Å². The lowest BCUT2D eigenvalue weighted by atomic mass is 10.1. The molecule has 2 aromatic rings. The lowest BCUT2D eigenvalue weighted by molar-refractivity contribution is -0.120. The van der Waals surface area contributed by atoms with Crippen molar-refractivity contribution >= 4 is 44.9 Å². The van der Waals surface area contributed by atoms with Gasteiger partial charge in [0.15, 0.2) is 0 Å². The van der Waals surface area contributed by atoms with Crippen LogP contribution in [0.3, 0.4) is 0 Å². The molecule has 0 bridgehead atoms. The highest BCUT2D eigenvalue weighted by atomic mass is 35.5. The number of amides is 2. The second-order valence-electron chi connectivity index (χ2n) is 8.00. The molecule has 31 heavy (non-hydrogen) atoms. The maximum Gasteiger partial charge on any atom is 0.243 e. The van der Waals surface area contributed by atoms with Crippen LogP contribution in [0.2, 0.25) is 5.02 Å². The molecule has 1 aliphatic carbocycles. The zero-order valence-corrected chi connectivity index (χ0v) is 18.8. The molecule has 0 spiro atoms. The fourth-order valence-electron chi connectivity index (χ4n) is 3.73. The summed E-state index contributed by atoms with van der Waals surface area (Å²) < 4.78 is 27.0. The Morgan fingerprint density at radius 3 is 2.65 bits per heavy atom. The third kappa shape index (κ3) is 4.44. The van der Waals surface area contributed by atoms with Crippen LogP contribution >= 0.6 is 11.6 Å². The van der Waals surface area contributed by atoms with Crippen molar-refractivity contribution in [3.63, 3.8) is 0 Å². The summed E-state index contributed by atoms with van der Waals surface area (Å²) in [4.78, 5) is 30.7. The lowest BCUT2D eigenvalue weighted by Crippen LogP contribution is -2.36. The van der Waals surface area contributed by atoms with Crippen molar-refractivity contribution in [3.05, 3.63) is 47.1 Å². The summed E-state index contributed by atoms with van der Waals surface area (Å²) in [5.74, 6) is -0.0212. The Hall–Kier alpha value is -2.49. The molecule has 0 radical (unpaired) electrons. The highest BCUT2D eigenvalue weighted by Crippen LogP contribution is 2.39. The van der Waals surface area contributed by atoms with E-state index in [4.69, 9.17) is 11.6 Å². The van der Waals surface area contributed by atoms with E-state index in [9.17, 15) is 18.0 Å². The molecule has 10 heteroatoms. The number of sulfonamides is 1. The second kappa shape index (κ2) is 8.22. The van der Waals surface area contributed by atoms with Crippen molar-refractivity contribution in [3.8, 4) is 0 Å². The Balaban J connectivity index is 1.48. The van der Waals surface area contributed by atoms with E-state index in [1.165, 1.54) is 25.4 Å². The van der Waals surface area contributed by atoms with Gasteiger partial charge in [0, 0.05) is 30.9 Å². The van der Waals surface area contributed by atoms with E-state index in [0.717, 1.165) is 28.4 Å². The molecule has 1 aromatic heterocycles. The number of carbonyl (C=O) groups is 2. The number of anilines is 2. The van der Waals surface area contributed by atoms with Crippen molar-refractivity contribution in [2.75, 3.05) is 23.8 Å². The van der Waals surface area contributed by atoms with Gasteiger partial charge in [0.2, 0.25) is 21.8 Å². The summed E-state index contributed by atoms with van der Waals surface area (Å²) in [7, 11) is -2.54. The van der Waals surface area contributed by atoms with E-state index in [1.807, 2.05) is 6.92 Å². The number of carbonyl (C=O) groups excluding carboxylic acids is 2. The minimum atomic E-state index is -3.89. The van der Waals surface area contributed by atoms with E-state index in [1.54, 1.807) is 23.1 Å². The van der Waals surface area contributed by atoms with Crippen LogP contribution in [0.15, 0.2) is 41.4 Å². The Labute approximate surface area is 186 Å². The number of halogens is 1. The molecule has 164 valence electrons. The van der Waals surface area contributed by atoms with Crippen molar-refractivity contribution < 1.29 is 18.0 Å². The van der Waals surface area contributed by atoms with Gasteiger partial charge in [-0.25, -0.2) is 13.4 Å². The van der Waals surface area contributed by atoms with Crippen LogP contribution in [0.25, 0.3) is 0 Å². The van der Waals surface area contributed by atoms with Gasteiger partial charge < -0.3 is 10.2 Å². The molecule has 1 fully saturated rings. The van der Waals surface area contributed by atoms with Gasteiger partial charge in [-0.2, -0.15) is 4.31 Å². The predicted molar refractivity (Wildman–Crippen MR) is 118 cm³/mol. The first kappa shape index (κ1) is 21.7. The first-order valence-electron chi connectivity index (χ1n) is 10.0. The van der Waals surface area contributed by atoms with Crippen LogP contribution in [-0.4, -0.2) is 49.2 Å². The maximum absolute atomic E-state index is 13.0. The second-order valence-corrected chi connectivity index (χ2v) is 10.5. The quantitative estimate of drug-likeness (QED) is 0.711. The minimum absolute atomic E-state index is 0.00330.